The SMILES string of the molecule is COC(=O)c1c(-c2ccc(O)cc2)oc2ccccc12. The number of rotatable bonds is 2. The molecule has 0 saturated carbocycles. The highest BCUT2D eigenvalue weighted by Gasteiger charge is 2.22. The second kappa shape index (κ2) is 4.74. The Morgan fingerprint density at radius 3 is 2.50 bits per heavy atom. The normalized spacial score (nSPS) is 10.7. The number of furan rings is 1. The molecule has 20 heavy (non-hydrogen) atoms. The molecule has 0 unspecified atom stereocenters. The third-order valence-corrected chi connectivity index (χ3v) is 3.11. The number of ether oxygens (including phenoxy) is 1. The van der Waals surface area contributed by atoms with Gasteiger partial charge in [-0.15, -0.1) is 0 Å². The summed E-state index contributed by atoms with van der Waals surface area (Å²) >= 11 is 0. The molecular formula is C16H12O4. The second-order valence-electron chi connectivity index (χ2n) is 4.34. The minimum absolute atomic E-state index is 0.157. The van der Waals surface area contributed by atoms with E-state index in [9.17, 15) is 9.90 Å². The number of carbonyl (C=O) groups is 1. The van der Waals surface area contributed by atoms with Crippen LogP contribution >= 0.6 is 0 Å². The number of hydrogen-bond acceptors (Lipinski definition) is 4. The third-order valence-electron chi connectivity index (χ3n) is 3.11. The molecule has 0 aliphatic rings. The molecule has 100 valence electrons. The zero-order valence-electron chi connectivity index (χ0n) is 10.8. The van der Waals surface area contributed by atoms with Gasteiger partial charge in [-0.1, -0.05) is 18.2 Å². The molecule has 0 bridgehead atoms. The first-order chi connectivity index (χ1) is 9.70. The number of benzene rings is 2. The lowest BCUT2D eigenvalue weighted by molar-refractivity contribution is 0.0603. The zero-order chi connectivity index (χ0) is 14.1. The van der Waals surface area contributed by atoms with E-state index in [4.69, 9.17) is 9.15 Å². The van der Waals surface area contributed by atoms with Crippen molar-refractivity contribution in [3.63, 3.8) is 0 Å². The van der Waals surface area contributed by atoms with E-state index in [0.29, 0.717) is 27.9 Å². The van der Waals surface area contributed by atoms with Crippen molar-refractivity contribution in [2.75, 3.05) is 7.11 Å². The van der Waals surface area contributed by atoms with Crippen LogP contribution in [0.25, 0.3) is 22.3 Å². The second-order valence-corrected chi connectivity index (χ2v) is 4.34. The van der Waals surface area contributed by atoms with Crippen molar-refractivity contribution in [1.29, 1.82) is 0 Å². The quantitative estimate of drug-likeness (QED) is 0.721. The maximum Gasteiger partial charge on any atom is 0.342 e. The van der Waals surface area contributed by atoms with Crippen LogP contribution in [-0.2, 0) is 4.74 Å². The minimum Gasteiger partial charge on any atom is -0.508 e. The molecular weight excluding hydrogens is 256 g/mol. The highest BCUT2D eigenvalue weighted by molar-refractivity contribution is 6.08. The summed E-state index contributed by atoms with van der Waals surface area (Å²) in [5.74, 6) is 0.153. The first-order valence-electron chi connectivity index (χ1n) is 6.10. The zero-order valence-corrected chi connectivity index (χ0v) is 10.8. The molecule has 4 nitrogen and oxygen atoms in total. The number of esters is 1. The molecule has 3 rings (SSSR count). The highest BCUT2D eigenvalue weighted by Crippen LogP contribution is 2.34. The van der Waals surface area contributed by atoms with E-state index in [2.05, 4.69) is 0 Å². The maximum absolute atomic E-state index is 12.0. The summed E-state index contributed by atoms with van der Waals surface area (Å²) in [5.41, 5.74) is 1.73. The monoisotopic (exact) mass is 268 g/mol. The van der Waals surface area contributed by atoms with Gasteiger partial charge in [0.15, 0.2) is 0 Å². The number of aromatic hydroxyl groups is 1. The van der Waals surface area contributed by atoms with Gasteiger partial charge < -0.3 is 14.3 Å². The van der Waals surface area contributed by atoms with Gasteiger partial charge in [-0.3, -0.25) is 0 Å². The van der Waals surface area contributed by atoms with Crippen molar-refractivity contribution in [3.05, 3.63) is 54.1 Å². The number of phenolic OH excluding ortho intramolecular Hbond substituents is 1. The Hall–Kier alpha value is -2.75. The summed E-state index contributed by atoms with van der Waals surface area (Å²) in [6.07, 6.45) is 0. The molecule has 0 amide bonds. The molecule has 0 atom stereocenters. The first-order valence-corrected chi connectivity index (χ1v) is 6.10. The lowest BCUT2D eigenvalue weighted by atomic mass is 10.1. The molecule has 1 N–H and O–H groups in total. The fraction of sp³-hybridized carbons (Fsp3) is 0.0625. The smallest absolute Gasteiger partial charge is 0.342 e. The molecule has 0 aliphatic heterocycles. The number of carbonyl (C=O) groups excluding carboxylic acids is 1. The van der Waals surface area contributed by atoms with Gasteiger partial charge in [0.1, 0.15) is 22.7 Å². The molecule has 0 fully saturated rings. The van der Waals surface area contributed by atoms with Crippen molar-refractivity contribution in [2.24, 2.45) is 0 Å². The molecule has 0 radical (unpaired) electrons. The van der Waals surface area contributed by atoms with E-state index in [-0.39, 0.29) is 5.75 Å². The Labute approximate surface area is 115 Å². The standard InChI is InChI=1S/C16H12O4/c1-19-16(18)14-12-4-2-3-5-13(12)20-15(14)10-6-8-11(17)9-7-10/h2-9,17H,1H3. The fourth-order valence-corrected chi connectivity index (χ4v) is 2.17. The van der Waals surface area contributed by atoms with Crippen LogP contribution in [0.15, 0.2) is 52.9 Å². The Balaban J connectivity index is 2.29. The molecule has 4 heteroatoms. The number of methoxy groups -OCH3 is 1. The Morgan fingerprint density at radius 2 is 1.80 bits per heavy atom. The molecule has 1 aromatic heterocycles. The van der Waals surface area contributed by atoms with Crippen LogP contribution in [0.4, 0.5) is 0 Å². The molecule has 0 aliphatic carbocycles. The lowest BCUT2D eigenvalue weighted by Gasteiger charge is -2.02. The first kappa shape index (κ1) is 12.3. The summed E-state index contributed by atoms with van der Waals surface area (Å²) in [4.78, 5) is 12.0. The molecule has 1 heterocycles. The maximum atomic E-state index is 12.0. The molecule has 2 aromatic carbocycles. The third kappa shape index (κ3) is 1.91. The summed E-state index contributed by atoms with van der Waals surface area (Å²) < 4.78 is 10.6. The van der Waals surface area contributed by atoms with E-state index >= 15 is 0 Å². The van der Waals surface area contributed by atoms with Crippen LogP contribution in [-0.4, -0.2) is 18.2 Å². The average Bonchev–Trinajstić information content (AvgIpc) is 2.86. The summed E-state index contributed by atoms with van der Waals surface area (Å²) in [6, 6.07) is 13.8. The number of phenols is 1. The average molecular weight is 268 g/mol. The van der Waals surface area contributed by atoms with Gasteiger partial charge in [0.2, 0.25) is 0 Å². The van der Waals surface area contributed by atoms with Crippen molar-refractivity contribution in [3.8, 4) is 17.1 Å². The van der Waals surface area contributed by atoms with Crippen LogP contribution in [0.2, 0.25) is 0 Å². The van der Waals surface area contributed by atoms with Gasteiger partial charge in [-0.25, -0.2) is 4.79 Å². The highest BCUT2D eigenvalue weighted by atomic mass is 16.5. The van der Waals surface area contributed by atoms with Crippen molar-refractivity contribution < 1.29 is 19.1 Å². The van der Waals surface area contributed by atoms with Crippen molar-refractivity contribution in [1.82, 2.24) is 0 Å². The molecule has 0 saturated heterocycles. The Kier molecular flexibility index (Phi) is 2.91. The lowest BCUT2D eigenvalue weighted by Crippen LogP contribution is -2.01. The minimum atomic E-state index is -0.446. The van der Waals surface area contributed by atoms with E-state index in [1.54, 1.807) is 30.3 Å². The topological polar surface area (TPSA) is 59.7 Å². The number of hydrogen-bond donors (Lipinski definition) is 1. The van der Waals surface area contributed by atoms with E-state index in [1.165, 1.54) is 7.11 Å². The van der Waals surface area contributed by atoms with Crippen LogP contribution in [0, 0.1) is 0 Å². The van der Waals surface area contributed by atoms with Gasteiger partial charge in [-0.2, -0.15) is 0 Å². The van der Waals surface area contributed by atoms with Gasteiger partial charge >= 0.3 is 5.97 Å². The van der Waals surface area contributed by atoms with Gasteiger partial charge in [0.25, 0.3) is 0 Å². The predicted octanol–water partition coefficient (Wildman–Crippen LogP) is 3.59. The van der Waals surface area contributed by atoms with Crippen LogP contribution in [0.3, 0.4) is 0 Å². The Bertz CT molecular complexity index is 769. The van der Waals surface area contributed by atoms with Gasteiger partial charge in [0, 0.05) is 10.9 Å². The van der Waals surface area contributed by atoms with E-state index < -0.39 is 5.97 Å². The predicted molar refractivity (Wildman–Crippen MR) is 74.7 cm³/mol. The fourth-order valence-electron chi connectivity index (χ4n) is 2.17. The molecule has 3 aromatic rings. The summed E-state index contributed by atoms with van der Waals surface area (Å²) in [5, 5.41) is 10.1. The van der Waals surface area contributed by atoms with Crippen molar-refractivity contribution in [2.45, 2.75) is 0 Å². The van der Waals surface area contributed by atoms with E-state index in [1.807, 2.05) is 18.2 Å². The van der Waals surface area contributed by atoms with Crippen LogP contribution in [0.5, 0.6) is 5.75 Å². The summed E-state index contributed by atoms with van der Waals surface area (Å²) in [7, 11) is 1.34. The van der Waals surface area contributed by atoms with Gasteiger partial charge in [0.05, 0.1) is 7.11 Å². The van der Waals surface area contributed by atoms with Crippen molar-refractivity contribution >= 4 is 16.9 Å². The summed E-state index contributed by atoms with van der Waals surface area (Å²) in [6.45, 7) is 0. The number of fused-ring (bicyclic) bond motifs is 1. The Morgan fingerprint density at radius 1 is 1.10 bits per heavy atom. The van der Waals surface area contributed by atoms with Crippen LogP contribution in [0.1, 0.15) is 10.4 Å². The van der Waals surface area contributed by atoms with Crippen LogP contribution < -0.4 is 0 Å². The molecule has 0 spiro atoms. The largest absolute Gasteiger partial charge is 0.508 e. The van der Waals surface area contributed by atoms with E-state index in [0.717, 1.165) is 0 Å². The number of para-hydroxylation sites is 1. The van der Waals surface area contributed by atoms with Gasteiger partial charge in [-0.05, 0) is 30.3 Å².